The number of nitrogens with one attached hydrogen (secondary N) is 1. The zero-order valence-corrected chi connectivity index (χ0v) is 23.9. The van der Waals surface area contributed by atoms with Gasteiger partial charge in [-0.2, -0.15) is 0 Å². The summed E-state index contributed by atoms with van der Waals surface area (Å²) in [4.78, 5) is 14.8. The Hall–Kier alpha value is -2.47. The van der Waals surface area contributed by atoms with Gasteiger partial charge in [-0.25, -0.2) is 4.39 Å². The quantitative estimate of drug-likeness (QED) is 0.180. The number of anilines is 1. The molecule has 1 amide bonds. The first-order valence-electron chi connectivity index (χ1n) is 14.5. The number of rotatable bonds is 19. The van der Waals surface area contributed by atoms with Gasteiger partial charge in [-0.1, -0.05) is 95.8 Å². The van der Waals surface area contributed by atoms with Crippen molar-refractivity contribution in [2.45, 2.75) is 96.9 Å². The van der Waals surface area contributed by atoms with E-state index in [0.717, 1.165) is 36.5 Å². The summed E-state index contributed by atoms with van der Waals surface area (Å²) in [5.74, 6) is 0.636. The van der Waals surface area contributed by atoms with Crippen LogP contribution in [0.1, 0.15) is 95.1 Å². The summed E-state index contributed by atoms with van der Waals surface area (Å²) in [7, 11) is 0. The van der Waals surface area contributed by atoms with Crippen molar-refractivity contribution in [1.82, 2.24) is 4.90 Å². The summed E-state index contributed by atoms with van der Waals surface area (Å²) >= 11 is 1.77. The van der Waals surface area contributed by atoms with E-state index in [1.54, 1.807) is 23.9 Å². The van der Waals surface area contributed by atoms with Gasteiger partial charge in [0.2, 0.25) is 5.91 Å². The van der Waals surface area contributed by atoms with Crippen LogP contribution in [0.15, 0.2) is 54.1 Å². The van der Waals surface area contributed by atoms with Crippen molar-refractivity contribution in [3.05, 3.63) is 71.0 Å². The van der Waals surface area contributed by atoms with Crippen LogP contribution in [0.3, 0.4) is 0 Å². The predicted molar refractivity (Wildman–Crippen MR) is 159 cm³/mol. The van der Waals surface area contributed by atoms with E-state index in [0.29, 0.717) is 12.2 Å². The Labute approximate surface area is 233 Å². The second-order valence-corrected chi connectivity index (χ2v) is 11.1. The summed E-state index contributed by atoms with van der Waals surface area (Å²) in [6.45, 7) is 3.59. The summed E-state index contributed by atoms with van der Waals surface area (Å²) in [5.41, 5.74) is 2.52. The highest BCUT2D eigenvalue weighted by Crippen LogP contribution is 2.22. The number of carbonyl (C=O) groups excluding carboxylic acids is 1. The first kappa shape index (κ1) is 30.1. The van der Waals surface area contributed by atoms with E-state index in [1.807, 2.05) is 18.2 Å². The minimum absolute atomic E-state index is 0.117. The van der Waals surface area contributed by atoms with Gasteiger partial charge in [-0.15, -0.1) is 11.8 Å². The van der Waals surface area contributed by atoms with Crippen molar-refractivity contribution in [1.29, 1.82) is 0 Å². The van der Waals surface area contributed by atoms with Crippen LogP contribution in [0.4, 0.5) is 10.1 Å². The maximum absolute atomic E-state index is 14.6. The Kier molecular flexibility index (Phi) is 14.2. The van der Waals surface area contributed by atoms with Crippen LogP contribution in [-0.2, 0) is 17.8 Å². The smallest absolute Gasteiger partial charge is 0.228 e. The molecule has 0 spiro atoms. The van der Waals surface area contributed by atoms with Gasteiger partial charge in [0.1, 0.15) is 0 Å². The summed E-state index contributed by atoms with van der Waals surface area (Å²) in [6, 6.07) is 12.7. The van der Waals surface area contributed by atoms with E-state index < -0.39 is 5.82 Å². The van der Waals surface area contributed by atoms with Crippen molar-refractivity contribution in [2.24, 2.45) is 0 Å². The monoisotopic (exact) mass is 540 g/mol. The maximum Gasteiger partial charge on any atom is 0.228 e. The lowest BCUT2D eigenvalue weighted by Crippen LogP contribution is -2.16. The Morgan fingerprint density at radius 1 is 0.921 bits per heavy atom. The Bertz CT molecular complexity index is 997. The molecule has 0 saturated carbocycles. The topological polar surface area (TPSA) is 41.6 Å². The van der Waals surface area contributed by atoms with Gasteiger partial charge in [-0.3, -0.25) is 4.79 Å². The second-order valence-electron chi connectivity index (χ2n) is 10.3. The third-order valence-corrected chi connectivity index (χ3v) is 7.62. The highest BCUT2D eigenvalue weighted by molar-refractivity contribution is 8.02. The lowest BCUT2D eigenvalue weighted by Gasteiger charge is -2.15. The molecule has 0 aliphatic carbocycles. The lowest BCUT2D eigenvalue weighted by molar-refractivity contribution is -0.115. The van der Waals surface area contributed by atoms with Gasteiger partial charge in [0.15, 0.2) is 11.6 Å². The maximum atomic E-state index is 14.6. The number of thioether (sulfide) groups is 1. The van der Waals surface area contributed by atoms with Crippen LogP contribution in [0.5, 0.6) is 5.75 Å². The molecule has 208 valence electrons. The minimum Gasteiger partial charge on any atom is -0.491 e. The molecule has 0 fully saturated rings. The number of nitrogens with zero attached hydrogens (tertiary/aromatic N) is 1. The van der Waals surface area contributed by atoms with Crippen molar-refractivity contribution >= 4 is 23.4 Å². The first-order valence-corrected chi connectivity index (χ1v) is 15.5. The van der Waals surface area contributed by atoms with E-state index in [9.17, 15) is 9.18 Å². The number of carbonyl (C=O) groups is 1. The average Bonchev–Trinajstić information content (AvgIpc) is 3.41. The van der Waals surface area contributed by atoms with Crippen molar-refractivity contribution < 1.29 is 13.9 Å². The number of halogens is 1. The number of hydrogen-bond donors (Lipinski definition) is 1. The van der Waals surface area contributed by atoms with Gasteiger partial charge in [0, 0.05) is 18.4 Å². The standard InChI is InChI=1S/C32H45FN2O2S/c1-2-3-4-5-6-7-8-9-10-11-12-13-20-37-31-18-17-27(23-30(31)33)24-32(36)34-29-16-14-15-28(22-29)25-35-19-21-38-26-35/h14-19,21-23H,2-13,20,24-26H2,1H3,(H,34,36). The van der Waals surface area contributed by atoms with Crippen LogP contribution >= 0.6 is 11.8 Å². The van der Waals surface area contributed by atoms with Gasteiger partial charge in [0.25, 0.3) is 0 Å². The fourth-order valence-corrected chi connectivity index (χ4v) is 5.39. The first-order chi connectivity index (χ1) is 18.6. The Morgan fingerprint density at radius 2 is 1.63 bits per heavy atom. The van der Waals surface area contributed by atoms with Crippen LogP contribution in [-0.4, -0.2) is 23.3 Å². The molecule has 0 bridgehead atoms. The molecular weight excluding hydrogens is 495 g/mol. The van der Waals surface area contributed by atoms with Crippen molar-refractivity contribution in [3.63, 3.8) is 0 Å². The molecule has 2 aromatic rings. The molecule has 1 N–H and O–H groups in total. The summed E-state index contributed by atoms with van der Waals surface area (Å²) < 4.78 is 20.2. The fraction of sp³-hybridized carbons (Fsp3) is 0.531. The molecule has 0 unspecified atom stereocenters. The normalized spacial score (nSPS) is 12.7. The minimum atomic E-state index is -0.409. The van der Waals surface area contributed by atoms with Crippen molar-refractivity contribution in [3.8, 4) is 5.75 Å². The third-order valence-electron chi connectivity index (χ3n) is 6.82. The molecule has 1 aliphatic heterocycles. The molecule has 4 nitrogen and oxygen atoms in total. The number of ether oxygens (including phenoxy) is 1. The summed E-state index contributed by atoms with van der Waals surface area (Å²) in [6.07, 6.45) is 17.6. The van der Waals surface area contributed by atoms with E-state index in [-0.39, 0.29) is 18.1 Å². The SMILES string of the molecule is CCCCCCCCCCCCCCOc1ccc(CC(=O)Nc2cccc(CN3C=CSC3)c2)cc1F. The van der Waals surface area contributed by atoms with Gasteiger partial charge in [0.05, 0.1) is 18.9 Å². The number of amides is 1. The highest BCUT2D eigenvalue weighted by Gasteiger charge is 2.10. The zero-order valence-electron chi connectivity index (χ0n) is 23.1. The molecule has 1 aliphatic rings. The zero-order chi connectivity index (χ0) is 26.8. The number of benzene rings is 2. The molecule has 0 atom stereocenters. The van der Waals surface area contributed by atoms with Gasteiger partial charge in [-0.05, 0) is 47.2 Å². The van der Waals surface area contributed by atoms with E-state index in [2.05, 4.69) is 34.8 Å². The molecular formula is C32H45FN2O2S. The van der Waals surface area contributed by atoms with Gasteiger partial charge < -0.3 is 15.0 Å². The number of unbranched alkanes of at least 4 members (excludes halogenated alkanes) is 11. The molecule has 0 aromatic heterocycles. The molecule has 2 aromatic carbocycles. The van der Waals surface area contributed by atoms with E-state index in [4.69, 9.17) is 4.74 Å². The molecule has 0 saturated heterocycles. The number of hydrogen-bond acceptors (Lipinski definition) is 4. The molecule has 38 heavy (non-hydrogen) atoms. The molecule has 1 heterocycles. The largest absolute Gasteiger partial charge is 0.491 e. The molecule has 6 heteroatoms. The van der Waals surface area contributed by atoms with Gasteiger partial charge >= 0.3 is 0 Å². The van der Waals surface area contributed by atoms with E-state index >= 15 is 0 Å². The van der Waals surface area contributed by atoms with Crippen LogP contribution in [0, 0.1) is 5.82 Å². The molecule has 0 radical (unpaired) electrons. The lowest BCUT2D eigenvalue weighted by atomic mass is 10.1. The van der Waals surface area contributed by atoms with E-state index in [1.165, 1.54) is 70.3 Å². The van der Waals surface area contributed by atoms with Crippen LogP contribution < -0.4 is 10.1 Å². The highest BCUT2D eigenvalue weighted by atomic mass is 32.2. The Balaban J connectivity index is 1.28. The predicted octanol–water partition coefficient (Wildman–Crippen LogP) is 9.06. The molecule has 3 rings (SSSR count). The Morgan fingerprint density at radius 3 is 2.29 bits per heavy atom. The fourth-order valence-electron chi connectivity index (χ4n) is 4.68. The van der Waals surface area contributed by atoms with Crippen LogP contribution in [0.25, 0.3) is 0 Å². The van der Waals surface area contributed by atoms with Crippen LogP contribution in [0.2, 0.25) is 0 Å². The van der Waals surface area contributed by atoms with Crippen molar-refractivity contribution in [2.75, 3.05) is 17.8 Å². The third kappa shape index (κ3) is 11.9. The average molecular weight is 541 g/mol. The summed E-state index contributed by atoms with van der Waals surface area (Å²) in [5, 5.41) is 5.02. The second kappa shape index (κ2) is 17.9.